The van der Waals surface area contributed by atoms with Gasteiger partial charge in [0.1, 0.15) is 0 Å². The van der Waals surface area contributed by atoms with Gasteiger partial charge in [-0.1, -0.05) is 41.4 Å². The molecule has 0 aliphatic carbocycles. The first-order valence-electron chi connectivity index (χ1n) is 4.06. The lowest BCUT2D eigenvalue weighted by atomic mass is 10.1. The molecule has 0 atom stereocenters. The first-order valence-corrected chi connectivity index (χ1v) is 5.63. The van der Waals surface area contributed by atoms with Crippen molar-refractivity contribution in [1.29, 1.82) is 0 Å². The third kappa shape index (κ3) is 1.78. The topological polar surface area (TPSA) is 12.9 Å². The summed E-state index contributed by atoms with van der Waals surface area (Å²) in [4.78, 5) is 5.33. The molecular formula is C10H7Cl2NS. The van der Waals surface area contributed by atoms with Crippen molar-refractivity contribution in [2.45, 2.75) is 6.92 Å². The third-order valence-electron chi connectivity index (χ3n) is 1.90. The van der Waals surface area contributed by atoms with E-state index in [0.29, 0.717) is 9.49 Å². The van der Waals surface area contributed by atoms with Crippen molar-refractivity contribution < 1.29 is 0 Å². The first-order chi connectivity index (χ1) is 6.68. The van der Waals surface area contributed by atoms with Gasteiger partial charge in [-0.2, -0.15) is 0 Å². The Bertz CT molecular complexity index is 465. The zero-order valence-electron chi connectivity index (χ0n) is 7.42. The van der Waals surface area contributed by atoms with Crippen LogP contribution >= 0.6 is 34.5 Å². The Labute approximate surface area is 96.3 Å². The highest BCUT2D eigenvalue weighted by molar-refractivity contribution is 7.16. The molecule has 14 heavy (non-hydrogen) atoms. The summed E-state index contributed by atoms with van der Waals surface area (Å²) in [7, 11) is 0. The largest absolute Gasteiger partial charge is 0.225 e. The molecule has 0 radical (unpaired) electrons. The van der Waals surface area contributed by atoms with E-state index in [1.54, 1.807) is 0 Å². The predicted octanol–water partition coefficient (Wildman–Crippen LogP) is 4.43. The van der Waals surface area contributed by atoms with E-state index in [-0.39, 0.29) is 0 Å². The molecule has 1 nitrogen and oxygen atoms in total. The van der Waals surface area contributed by atoms with E-state index < -0.39 is 0 Å². The van der Waals surface area contributed by atoms with Crippen LogP contribution in [0, 0.1) is 6.92 Å². The number of hydrogen-bond acceptors (Lipinski definition) is 2. The number of aromatic nitrogens is 1. The summed E-state index contributed by atoms with van der Waals surface area (Å²) in [6.45, 7) is 1.99. The number of aryl methyl sites for hydroxylation is 1. The van der Waals surface area contributed by atoms with Gasteiger partial charge in [-0.05, 0) is 13.0 Å². The van der Waals surface area contributed by atoms with Gasteiger partial charge >= 0.3 is 0 Å². The fourth-order valence-electron chi connectivity index (χ4n) is 1.27. The summed E-state index contributed by atoms with van der Waals surface area (Å²) in [5, 5.41) is 0.706. The van der Waals surface area contributed by atoms with Crippen LogP contribution in [0.15, 0.2) is 24.3 Å². The van der Waals surface area contributed by atoms with Gasteiger partial charge in [-0.15, -0.1) is 11.3 Å². The third-order valence-corrected chi connectivity index (χ3v) is 3.30. The molecule has 0 saturated carbocycles. The molecule has 0 aliphatic rings. The van der Waals surface area contributed by atoms with Crippen molar-refractivity contribution in [2.75, 3.05) is 0 Å². The highest BCUT2D eigenvalue weighted by atomic mass is 35.5. The van der Waals surface area contributed by atoms with E-state index in [9.17, 15) is 0 Å². The molecule has 1 heterocycles. The smallest absolute Gasteiger partial charge is 0.184 e. The van der Waals surface area contributed by atoms with E-state index in [4.69, 9.17) is 23.2 Å². The number of thiazole rings is 1. The summed E-state index contributed by atoms with van der Waals surface area (Å²) in [6.07, 6.45) is 0. The van der Waals surface area contributed by atoms with E-state index in [1.807, 2.05) is 31.2 Å². The average Bonchev–Trinajstić information content (AvgIpc) is 2.46. The minimum atomic E-state index is 0.553. The molecule has 0 unspecified atom stereocenters. The van der Waals surface area contributed by atoms with E-state index in [1.165, 1.54) is 11.3 Å². The molecule has 4 heteroatoms. The molecule has 2 aromatic rings. The molecule has 0 saturated heterocycles. The zero-order valence-corrected chi connectivity index (χ0v) is 9.75. The fraction of sp³-hybridized carbons (Fsp3) is 0.100. The average molecular weight is 244 g/mol. The summed E-state index contributed by atoms with van der Waals surface area (Å²) in [5.74, 6) is 0. The first kappa shape index (κ1) is 9.97. The van der Waals surface area contributed by atoms with Gasteiger partial charge < -0.3 is 0 Å². The van der Waals surface area contributed by atoms with Crippen LogP contribution in [0.5, 0.6) is 0 Å². The molecule has 0 N–H and O–H groups in total. The predicted molar refractivity (Wildman–Crippen MR) is 62.3 cm³/mol. The monoisotopic (exact) mass is 243 g/mol. The highest BCUT2D eigenvalue weighted by Gasteiger charge is 2.10. The van der Waals surface area contributed by atoms with Gasteiger partial charge in [0.25, 0.3) is 0 Å². The molecule has 0 amide bonds. The fourth-order valence-corrected chi connectivity index (χ4v) is 2.57. The summed E-state index contributed by atoms with van der Waals surface area (Å²) < 4.78 is 0.553. The lowest BCUT2D eigenvalue weighted by Gasteiger charge is -2.00. The standard InChI is InChI=1S/C10H7Cl2NS/c1-6-9(13-10(12)14-6)7-4-2-3-5-8(7)11/h2-5H,1H3. The summed E-state index contributed by atoms with van der Waals surface area (Å²) in [5.41, 5.74) is 1.82. The number of nitrogens with zero attached hydrogens (tertiary/aromatic N) is 1. The van der Waals surface area contributed by atoms with Gasteiger partial charge in [0.05, 0.1) is 5.69 Å². The quantitative estimate of drug-likeness (QED) is 0.723. The maximum absolute atomic E-state index is 6.06. The molecule has 2 rings (SSSR count). The molecular weight excluding hydrogens is 237 g/mol. The van der Waals surface area contributed by atoms with Crippen LogP contribution in [-0.4, -0.2) is 4.98 Å². The Balaban J connectivity index is 2.60. The second kappa shape index (κ2) is 3.89. The van der Waals surface area contributed by atoms with Crippen molar-refractivity contribution in [2.24, 2.45) is 0 Å². The van der Waals surface area contributed by atoms with Crippen molar-refractivity contribution in [3.63, 3.8) is 0 Å². The summed E-state index contributed by atoms with van der Waals surface area (Å²) in [6, 6.07) is 7.63. The Morgan fingerprint density at radius 2 is 1.93 bits per heavy atom. The van der Waals surface area contributed by atoms with Gasteiger partial charge in [0.15, 0.2) is 4.47 Å². The van der Waals surface area contributed by atoms with E-state index in [2.05, 4.69) is 4.98 Å². The highest BCUT2D eigenvalue weighted by Crippen LogP contribution is 2.33. The SMILES string of the molecule is Cc1sc(Cl)nc1-c1ccccc1Cl. The lowest BCUT2D eigenvalue weighted by Crippen LogP contribution is -1.81. The Hall–Kier alpha value is -0.570. The minimum absolute atomic E-state index is 0.553. The van der Waals surface area contributed by atoms with Crippen molar-refractivity contribution in [3.8, 4) is 11.3 Å². The molecule has 1 aromatic carbocycles. The van der Waals surface area contributed by atoms with Crippen molar-refractivity contribution in [3.05, 3.63) is 38.6 Å². The summed E-state index contributed by atoms with van der Waals surface area (Å²) >= 11 is 13.4. The molecule has 1 aromatic heterocycles. The van der Waals surface area contributed by atoms with Crippen LogP contribution in [0.1, 0.15) is 4.88 Å². The van der Waals surface area contributed by atoms with Crippen LogP contribution in [0.2, 0.25) is 9.49 Å². The second-order valence-electron chi connectivity index (χ2n) is 2.85. The Kier molecular flexibility index (Phi) is 2.77. The lowest BCUT2D eigenvalue weighted by molar-refractivity contribution is 1.37. The number of hydrogen-bond donors (Lipinski definition) is 0. The van der Waals surface area contributed by atoms with Gasteiger partial charge in [0, 0.05) is 15.5 Å². The molecule has 72 valence electrons. The Morgan fingerprint density at radius 3 is 2.50 bits per heavy atom. The van der Waals surface area contributed by atoms with E-state index >= 15 is 0 Å². The van der Waals surface area contributed by atoms with Crippen LogP contribution in [0.4, 0.5) is 0 Å². The van der Waals surface area contributed by atoms with E-state index in [0.717, 1.165) is 16.1 Å². The van der Waals surface area contributed by atoms with Crippen LogP contribution in [-0.2, 0) is 0 Å². The number of benzene rings is 1. The molecule has 0 aliphatic heterocycles. The van der Waals surface area contributed by atoms with Gasteiger partial charge in [-0.25, -0.2) is 4.98 Å². The minimum Gasteiger partial charge on any atom is -0.225 e. The molecule has 0 bridgehead atoms. The van der Waals surface area contributed by atoms with Crippen LogP contribution in [0.3, 0.4) is 0 Å². The number of rotatable bonds is 1. The second-order valence-corrected chi connectivity index (χ2v) is 5.04. The van der Waals surface area contributed by atoms with Gasteiger partial charge in [-0.3, -0.25) is 0 Å². The Morgan fingerprint density at radius 1 is 1.21 bits per heavy atom. The van der Waals surface area contributed by atoms with Crippen molar-refractivity contribution >= 4 is 34.5 Å². The van der Waals surface area contributed by atoms with Crippen molar-refractivity contribution in [1.82, 2.24) is 4.98 Å². The molecule has 0 fully saturated rings. The van der Waals surface area contributed by atoms with Crippen LogP contribution < -0.4 is 0 Å². The maximum Gasteiger partial charge on any atom is 0.184 e. The van der Waals surface area contributed by atoms with Crippen LogP contribution in [0.25, 0.3) is 11.3 Å². The number of halogens is 2. The van der Waals surface area contributed by atoms with Gasteiger partial charge in [0.2, 0.25) is 0 Å². The molecule has 0 spiro atoms. The normalized spacial score (nSPS) is 10.5. The zero-order chi connectivity index (χ0) is 10.1. The maximum atomic E-state index is 6.06.